The first-order chi connectivity index (χ1) is 16.2. The molecule has 0 aliphatic heterocycles. The number of benzene rings is 1. The molecule has 0 atom stereocenters. The number of aryl methyl sites for hydroxylation is 1. The summed E-state index contributed by atoms with van der Waals surface area (Å²) in [6.45, 7) is 6.26. The van der Waals surface area contributed by atoms with Crippen molar-refractivity contribution in [3.63, 3.8) is 0 Å². The summed E-state index contributed by atoms with van der Waals surface area (Å²) in [4.78, 5) is 17.1. The Hall–Kier alpha value is -3.22. The largest absolute Gasteiger partial charge is 0.335 e. The number of nitrogen functional groups attached to an aromatic ring is 1. The van der Waals surface area contributed by atoms with Gasteiger partial charge >= 0.3 is 0 Å². The second kappa shape index (κ2) is 9.57. The van der Waals surface area contributed by atoms with E-state index in [9.17, 15) is 13.2 Å². The number of rotatable bonds is 8. The molecule has 10 nitrogen and oxygen atoms in total. The number of aromatic nitrogens is 5. The monoisotopic (exact) mass is 499 g/mol. The van der Waals surface area contributed by atoms with E-state index in [-0.39, 0.29) is 10.5 Å². The van der Waals surface area contributed by atoms with Crippen molar-refractivity contribution in [1.29, 1.82) is 0 Å². The van der Waals surface area contributed by atoms with Crippen molar-refractivity contribution in [3.05, 3.63) is 70.3 Å². The van der Waals surface area contributed by atoms with Crippen LogP contribution in [0.1, 0.15) is 25.1 Å². The molecule has 0 aliphatic rings. The number of pyridine rings is 1. The van der Waals surface area contributed by atoms with Crippen molar-refractivity contribution in [2.24, 2.45) is 0 Å². The van der Waals surface area contributed by atoms with Crippen LogP contribution in [-0.2, 0) is 15.8 Å². The summed E-state index contributed by atoms with van der Waals surface area (Å²) in [6.07, 6.45) is 1.75. The highest BCUT2D eigenvalue weighted by Crippen LogP contribution is 2.26. The van der Waals surface area contributed by atoms with Gasteiger partial charge in [-0.2, -0.15) is 4.31 Å². The predicted octanol–water partition coefficient (Wildman–Crippen LogP) is 2.30. The standard InChI is InChI=1S/C22H25N7O3S2/c1-4-27(5-2)34(31,32)18-8-6-7-16(11-18)21-25-26-22(29(21)23)33-14-17-12-20(30)28-13-15(3)9-10-19(28)24-17/h6-13H,4-5,14,23H2,1-3H3. The SMILES string of the molecule is CCN(CC)S(=O)(=O)c1cccc(-c2nnc(SCc3cc(=O)n4cc(C)ccc4n3)n2N)c1. The van der Waals surface area contributed by atoms with Crippen LogP contribution in [-0.4, -0.2) is 50.1 Å². The number of nitrogens with two attached hydrogens (primary N) is 1. The fourth-order valence-electron chi connectivity index (χ4n) is 3.55. The minimum absolute atomic E-state index is 0.162. The minimum atomic E-state index is -3.62. The molecule has 0 saturated heterocycles. The molecule has 0 saturated carbocycles. The topological polar surface area (TPSA) is 128 Å². The van der Waals surface area contributed by atoms with E-state index >= 15 is 0 Å². The molecule has 0 unspecified atom stereocenters. The van der Waals surface area contributed by atoms with E-state index in [1.54, 1.807) is 50.4 Å². The predicted molar refractivity (Wildman–Crippen MR) is 131 cm³/mol. The Morgan fingerprint density at radius 1 is 1.09 bits per heavy atom. The van der Waals surface area contributed by atoms with E-state index in [0.717, 1.165) is 5.56 Å². The highest BCUT2D eigenvalue weighted by molar-refractivity contribution is 7.98. The number of sulfonamides is 1. The van der Waals surface area contributed by atoms with Crippen LogP contribution in [0.3, 0.4) is 0 Å². The van der Waals surface area contributed by atoms with Gasteiger partial charge in [-0.05, 0) is 30.7 Å². The van der Waals surface area contributed by atoms with Crippen LogP contribution in [0.2, 0.25) is 0 Å². The van der Waals surface area contributed by atoms with Gasteiger partial charge in [-0.15, -0.1) is 10.2 Å². The lowest BCUT2D eigenvalue weighted by Gasteiger charge is -2.18. The summed E-state index contributed by atoms with van der Waals surface area (Å²) in [5.41, 5.74) is 2.50. The zero-order chi connectivity index (χ0) is 24.5. The summed E-state index contributed by atoms with van der Waals surface area (Å²) in [5.74, 6) is 6.93. The Labute approximate surface area is 201 Å². The van der Waals surface area contributed by atoms with Crippen LogP contribution in [0, 0.1) is 6.92 Å². The molecule has 2 N–H and O–H groups in total. The van der Waals surface area contributed by atoms with Gasteiger partial charge in [-0.3, -0.25) is 9.20 Å². The molecule has 1 aromatic carbocycles. The van der Waals surface area contributed by atoms with E-state index < -0.39 is 10.0 Å². The molecule has 34 heavy (non-hydrogen) atoms. The van der Waals surface area contributed by atoms with Gasteiger partial charge in [0.2, 0.25) is 15.2 Å². The molecule has 12 heteroatoms. The van der Waals surface area contributed by atoms with Crippen LogP contribution in [0.4, 0.5) is 0 Å². The molecule has 178 valence electrons. The van der Waals surface area contributed by atoms with Crippen LogP contribution in [0.25, 0.3) is 17.0 Å². The third kappa shape index (κ3) is 4.56. The molecule has 0 bridgehead atoms. The van der Waals surface area contributed by atoms with Gasteiger partial charge in [-0.1, -0.05) is 43.8 Å². The van der Waals surface area contributed by atoms with Gasteiger partial charge in [0.25, 0.3) is 5.56 Å². The fourth-order valence-corrected chi connectivity index (χ4v) is 5.80. The van der Waals surface area contributed by atoms with E-state index in [2.05, 4.69) is 15.2 Å². The first-order valence-electron chi connectivity index (χ1n) is 10.7. The van der Waals surface area contributed by atoms with Crippen molar-refractivity contribution in [2.45, 2.75) is 36.6 Å². The zero-order valence-electron chi connectivity index (χ0n) is 19.0. The van der Waals surface area contributed by atoms with Gasteiger partial charge in [-0.25, -0.2) is 18.1 Å². The summed E-state index contributed by atoms with van der Waals surface area (Å²) in [7, 11) is -3.62. The van der Waals surface area contributed by atoms with Crippen LogP contribution >= 0.6 is 11.8 Å². The van der Waals surface area contributed by atoms with Crippen LogP contribution in [0.15, 0.2) is 63.5 Å². The molecule has 3 aromatic heterocycles. The summed E-state index contributed by atoms with van der Waals surface area (Å²) in [6, 6.07) is 11.7. The van der Waals surface area contributed by atoms with E-state index in [0.29, 0.717) is 46.7 Å². The lowest BCUT2D eigenvalue weighted by Crippen LogP contribution is -2.30. The summed E-state index contributed by atoms with van der Waals surface area (Å²) >= 11 is 1.29. The first kappa shape index (κ1) is 23.9. The third-order valence-corrected chi connectivity index (χ3v) is 8.33. The summed E-state index contributed by atoms with van der Waals surface area (Å²) < 4.78 is 30.0. The zero-order valence-corrected chi connectivity index (χ0v) is 20.7. The normalized spacial score (nSPS) is 12.0. The Morgan fingerprint density at radius 3 is 2.59 bits per heavy atom. The van der Waals surface area contributed by atoms with E-state index in [1.165, 1.54) is 31.2 Å². The van der Waals surface area contributed by atoms with Crippen molar-refractivity contribution in [1.82, 2.24) is 28.6 Å². The molecular formula is C22H25N7O3S2. The van der Waals surface area contributed by atoms with Crippen molar-refractivity contribution >= 4 is 27.4 Å². The van der Waals surface area contributed by atoms with Gasteiger partial charge in [0.1, 0.15) is 5.65 Å². The smallest absolute Gasteiger partial charge is 0.258 e. The fraction of sp³-hybridized carbons (Fsp3) is 0.273. The lowest BCUT2D eigenvalue weighted by atomic mass is 10.2. The molecular weight excluding hydrogens is 474 g/mol. The maximum Gasteiger partial charge on any atom is 0.258 e. The average Bonchev–Trinajstić information content (AvgIpc) is 3.19. The molecule has 0 fully saturated rings. The van der Waals surface area contributed by atoms with Gasteiger partial charge in [0.05, 0.1) is 10.6 Å². The lowest BCUT2D eigenvalue weighted by molar-refractivity contribution is 0.445. The Kier molecular flexibility index (Phi) is 6.73. The maximum absolute atomic E-state index is 12.9. The number of hydrogen-bond donors (Lipinski definition) is 1. The van der Waals surface area contributed by atoms with E-state index in [1.807, 2.05) is 13.0 Å². The molecule has 4 rings (SSSR count). The Bertz CT molecular complexity index is 1510. The molecule has 0 aliphatic carbocycles. The molecule has 0 spiro atoms. The van der Waals surface area contributed by atoms with Crippen molar-refractivity contribution in [2.75, 3.05) is 18.9 Å². The maximum atomic E-state index is 12.9. The first-order valence-corrected chi connectivity index (χ1v) is 13.1. The quantitative estimate of drug-likeness (QED) is 0.289. The highest BCUT2D eigenvalue weighted by atomic mass is 32.2. The average molecular weight is 500 g/mol. The van der Waals surface area contributed by atoms with Crippen molar-refractivity contribution < 1.29 is 8.42 Å². The Morgan fingerprint density at radius 2 is 1.85 bits per heavy atom. The van der Waals surface area contributed by atoms with Crippen molar-refractivity contribution in [3.8, 4) is 11.4 Å². The molecule has 3 heterocycles. The van der Waals surface area contributed by atoms with Crippen LogP contribution in [0.5, 0.6) is 0 Å². The number of thioether (sulfide) groups is 1. The second-order valence-corrected chi connectivity index (χ2v) is 10.5. The van der Waals surface area contributed by atoms with Gasteiger partial charge in [0, 0.05) is 36.7 Å². The summed E-state index contributed by atoms with van der Waals surface area (Å²) in [5, 5.41) is 8.71. The van der Waals surface area contributed by atoms with E-state index in [4.69, 9.17) is 5.84 Å². The van der Waals surface area contributed by atoms with Gasteiger partial charge < -0.3 is 5.84 Å². The molecule has 0 amide bonds. The molecule has 4 aromatic rings. The number of nitrogens with zero attached hydrogens (tertiary/aromatic N) is 6. The Balaban J connectivity index is 1.58. The number of fused-ring (bicyclic) bond motifs is 1. The highest BCUT2D eigenvalue weighted by Gasteiger charge is 2.23. The van der Waals surface area contributed by atoms with Gasteiger partial charge in [0.15, 0.2) is 5.82 Å². The second-order valence-electron chi connectivity index (χ2n) is 7.60. The number of hydrogen-bond acceptors (Lipinski definition) is 8. The third-order valence-electron chi connectivity index (χ3n) is 5.31. The molecule has 0 radical (unpaired) electrons. The minimum Gasteiger partial charge on any atom is -0.335 e. The van der Waals surface area contributed by atoms with Crippen LogP contribution < -0.4 is 11.4 Å².